The molecule has 3 amide bonds. The standard InChI is InChI=1S/C17H19F2N5O2/c1-23(2)17(26)20-8-15(25)24-6-5-14-11(9-24)16(22-21-14)10-3-4-12(18)13(19)7-10/h3-4,7H,5-6,8-9H2,1-2H3,(H,20,26)(H,21,22). The smallest absolute Gasteiger partial charge is 0.317 e. The van der Waals surface area contributed by atoms with E-state index in [0.29, 0.717) is 24.2 Å². The van der Waals surface area contributed by atoms with Gasteiger partial charge in [-0.1, -0.05) is 0 Å². The third kappa shape index (κ3) is 3.51. The highest BCUT2D eigenvalue weighted by atomic mass is 19.2. The predicted octanol–water partition coefficient (Wildman–Crippen LogP) is 1.51. The summed E-state index contributed by atoms with van der Waals surface area (Å²) in [4.78, 5) is 26.9. The molecule has 1 aromatic carbocycles. The van der Waals surface area contributed by atoms with E-state index < -0.39 is 11.6 Å². The number of aromatic nitrogens is 2. The van der Waals surface area contributed by atoms with Crippen LogP contribution in [0.1, 0.15) is 11.3 Å². The number of hydrogen-bond donors (Lipinski definition) is 2. The fraction of sp³-hybridized carbons (Fsp3) is 0.353. The van der Waals surface area contributed by atoms with Crippen molar-refractivity contribution in [2.75, 3.05) is 27.2 Å². The molecule has 2 aromatic rings. The first-order chi connectivity index (χ1) is 12.4. The number of carbonyl (C=O) groups is 2. The Morgan fingerprint density at radius 2 is 2.08 bits per heavy atom. The van der Waals surface area contributed by atoms with Crippen LogP contribution in [0.2, 0.25) is 0 Å². The molecule has 138 valence electrons. The molecule has 0 bridgehead atoms. The molecular formula is C17H19F2N5O2. The SMILES string of the molecule is CN(C)C(=O)NCC(=O)N1CCc2[nH]nc(-c3ccc(F)c(F)c3)c2C1. The quantitative estimate of drug-likeness (QED) is 0.867. The second-order valence-corrected chi connectivity index (χ2v) is 6.28. The zero-order valence-corrected chi connectivity index (χ0v) is 14.5. The van der Waals surface area contributed by atoms with Crippen molar-refractivity contribution in [1.82, 2.24) is 25.3 Å². The van der Waals surface area contributed by atoms with Crippen LogP contribution in [0.5, 0.6) is 0 Å². The van der Waals surface area contributed by atoms with E-state index in [4.69, 9.17) is 0 Å². The molecule has 9 heteroatoms. The minimum absolute atomic E-state index is 0.106. The van der Waals surface area contributed by atoms with Crippen molar-refractivity contribution in [2.45, 2.75) is 13.0 Å². The van der Waals surface area contributed by atoms with Crippen molar-refractivity contribution < 1.29 is 18.4 Å². The molecule has 26 heavy (non-hydrogen) atoms. The van der Waals surface area contributed by atoms with Gasteiger partial charge in [-0.3, -0.25) is 9.89 Å². The van der Waals surface area contributed by atoms with Gasteiger partial charge in [0.25, 0.3) is 0 Å². The Labute approximate surface area is 149 Å². The molecular weight excluding hydrogens is 344 g/mol. The number of fused-ring (bicyclic) bond motifs is 1. The third-order valence-corrected chi connectivity index (χ3v) is 4.28. The van der Waals surface area contributed by atoms with Gasteiger partial charge in [0.05, 0.1) is 12.2 Å². The topological polar surface area (TPSA) is 81.3 Å². The molecule has 0 atom stereocenters. The van der Waals surface area contributed by atoms with Gasteiger partial charge in [-0.15, -0.1) is 0 Å². The van der Waals surface area contributed by atoms with Gasteiger partial charge in [0.1, 0.15) is 0 Å². The highest BCUT2D eigenvalue weighted by Crippen LogP contribution is 2.29. The zero-order valence-electron chi connectivity index (χ0n) is 14.5. The van der Waals surface area contributed by atoms with Crippen molar-refractivity contribution >= 4 is 11.9 Å². The van der Waals surface area contributed by atoms with Crippen LogP contribution < -0.4 is 5.32 Å². The van der Waals surface area contributed by atoms with Gasteiger partial charge in [-0.2, -0.15) is 5.10 Å². The Balaban J connectivity index is 1.75. The second kappa shape index (κ2) is 7.11. The maximum absolute atomic E-state index is 13.5. The molecule has 0 saturated heterocycles. The summed E-state index contributed by atoms with van der Waals surface area (Å²) in [6, 6.07) is 3.24. The first-order valence-corrected chi connectivity index (χ1v) is 8.11. The lowest BCUT2D eigenvalue weighted by molar-refractivity contribution is -0.131. The van der Waals surface area contributed by atoms with Crippen LogP contribution in [-0.2, 0) is 17.8 Å². The molecule has 0 fully saturated rings. The van der Waals surface area contributed by atoms with Crippen LogP contribution in [0.15, 0.2) is 18.2 Å². The first kappa shape index (κ1) is 17.8. The number of urea groups is 1. The van der Waals surface area contributed by atoms with Crippen molar-refractivity contribution in [3.8, 4) is 11.3 Å². The van der Waals surface area contributed by atoms with Crippen LogP contribution in [0, 0.1) is 11.6 Å². The molecule has 0 spiro atoms. The summed E-state index contributed by atoms with van der Waals surface area (Å²) in [7, 11) is 3.18. The molecule has 3 rings (SSSR count). The Kier molecular flexibility index (Phi) is 4.88. The maximum Gasteiger partial charge on any atom is 0.317 e. The highest BCUT2D eigenvalue weighted by Gasteiger charge is 2.26. The van der Waals surface area contributed by atoms with Crippen LogP contribution in [0.3, 0.4) is 0 Å². The Morgan fingerprint density at radius 3 is 2.77 bits per heavy atom. The number of nitrogens with zero attached hydrogens (tertiary/aromatic N) is 3. The summed E-state index contributed by atoms with van der Waals surface area (Å²) >= 11 is 0. The van der Waals surface area contributed by atoms with E-state index in [-0.39, 0.29) is 25.0 Å². The molecule has 0 aliphatic carbocycles. The number of benzene rings is 1. The number of hydrogen-bond acceptors (Lipinski definition) is 3. The second-order valence-electron chi connectivity index (χ2n) is 6.28. The van der Waals surface area contributed by atoms with Gasteiger partial charge in [0, 0.05) is 50.4 Å². The molecule has 0 unspecified atom stereocenters. The number of aromatic amines is 1. The van der Waals surface area contributed by atoms with E-state index in [2.05, 4.69) is 15.5 Å². The average molecular weight is 363 g/mol. The van der Waals surface area contributed by atoms with Crippen LogP contribution >= 0.6 is 0 Å². The van der Waals surface area contributed by atoms with Gasteiger partial charge in [0.2, 0.25) is 5.91 Å². The molecule has 0 saturated carbocycles. The normalized spacial score (nSPS) is 13.3. The van der Waals surface area contributed by atoms with Crippen molar-refractivity contribution in [2.24, 2.45) is 0 Å². The molecule has 2 heterocycles. The number of carbonyl (C=O) groups excluding carboxylic acids is 2. The summed E-state index contributed by atoms with van der Waals surface area (Å²) in [5, 5.41) is 9.64. The summed E-state index contributed by atoms with van der Waals surface area (Å²) in [5.41, 5.74) is 2.57. The number of H-pyrrole nitrogens is 1. The van der Waals surface area contributed by atoms with Crippen molar-refractivity contribution in [3.05, 3.63) is 41.1 Å². The fourth-order valence-corrected chi connectivity index (χ4v) is 2.81. The molecule has 1 aliphatic rings. The molecule has 2 N–H and O–H groups in total. The summed E-state index contributed by atoms with van der Waals surface area (Å²) in [5.74, 6) is -2.09. The van der Waals surface area contributed by atoms with Gasteiger partial charge >= 0.3 is 6.03 Å². The number of amides is 3. The highest BCUT2D eigenvalue weighted by molar-refractivity contribution is 5.84. The summed E-state index contributed by atoms with van der Waals surface area (Å²) in [6.45, 7) is 0.671. The Morgan fingerprint density at radius 1 is 1.31 bits per heavy atom. The third-order valence-electron chi connectivity index (χ3n) is 4.28. The van der Waals surface area contributed by atoms with E-state index in [1.807, 2.05) is 0 Å². The fourth-order valence-electron chi connectivity index (χ4n) is 2.81. The molecule has 1 aliphatic heterocycles. The van der Waals surface area contributed by atoms with Gasteiger partial charge in [-0.05, 0) is 18.2 Å². The number of nitrogens with one attached hydrogen (secondary N) is 2. The first-order valence-electron chi connectivity index (χ1n) is 8.11. The minimum Gasteiger partial charge on any atom is -0.336 e. The van der Waals surface area contributed by atoms with E-state index >= 15 is 0 Å². The number of halogens is 2. The molecule has 7 nitrogen and oxygen atoms in total. The number of rotatable bonds is 3. The van der Waals surface area contributed by atoms with Crippen LogP contribution in [-0.4, -0.2) is 59.1 Å². The maximum atomic E-state index is 13.5. The summed E-state index contributed by atoms with van der Waals surface area (Å²) < 4.78 is 26.7. The molecule has 1 aromatic heterocycles. The largest absolute Gasteiger partial charge is 0.336 e. The van der Waals surface area contributed by atoms with E-state index in [0.717, 1.165) is 23.4 Å². The lowest BCUT2D eigenvalue weighted by Gasteiger charge is -2.27. The minimum atomic E-state index is -0.950. The van der Waals surface area contributed by atoms with E-state index in [1.54, 1.807) is 19.0 Å². The lowest BCUT2D eigenvalue weighted by atomic mass is 10.0. The van der Waals surface area contributed by atoms with Gasteiger partial charge in [0.15, 0.2) is 11.6 Å². The zero-order chi connectivity index (χ0) is 18.8. The van der Waals surface area contributed by atoms with E-state index in [1.165, 1.54) is 11.0 Å². The van der Waals surface area contributed by atoms with Crippen LogP contribution in [0.25, 0.3) is 11.3 Å². The average Bonchev–Trinajstić information content (AvgIpc) is 3.04. The van der Waals surface area contributed by atoms with E-state index in [9.17, 15) is 18.4 Å². The Hall–Kier alpha value is -2.97. The monoisotopic (exact) mass is 363 g/mol. The summed E-state index contributed by atoms with van der Waals surface area (Å²) in [6.07, 6.45) is 0.569. The van der Waals surface area contributed by atoms with Gasteiger partial charge in [-0.25, -0.2) is 13.6 Å². The van der Waals surface area contributed by atoms with Gasteiger partial charge < -0.3 is 15.1 Å². The predicted molar refractivity (Wildman–Crippen MR) is 90.1 cm³/mol. The molecule has 0 radical (unpaired) electrons. The van der Waals surface area contributed by atoms with Crippen LogP contribution in [0.4, 0.5) is 13.6 Å². The van der Waals surface area contributed by atoms with Crippen molar-refractivity contribution in [3.63, 3.8) is 0 Å². The lowest BCUT2D eigenvalue weighted by Crippen LogP contribution is -2.44. The van der Waals surface area contributed by atoms with Crippen molar-refractivity contribution in [1.29, 1.82) is 0 Å². The Bertz CT molecular complexity index is 850.